The van der Waals surface area contributed by atoms with Crippen LogP contribution in [-0.4, -0.2) is 24.5 Å². The van der Waals surface area contributed by atoms with E-state index in [1.54, 1.807) is 15.7 Å². The molecule has 0 amide bonds. The molecule has 0 unspecified atom stereocenters. The van der Waals surface area contributed by atoms with Crippen molar-refractivity contribution in [3.05, 3.63) is 30.6 Å². The van der Waals surface area contributed by atoms with E-state index in [1.807, 2.05) is 19.4 Å². The van der Waals surface area contributed by atoms with E-state index in [4.69, 9.17) is 0 Å². The summed E-state index contributed by atoms with van der Waals surface area (Å²) in [5, 5.41) is 8.04. The van der Waals surface area contributed by atoms with E-state index in [0.29, 0.717) is 0 Å². The fraction of sp³-hybridized carbons (Fsp3) is 0.286. The van der Waals surface area contributed by atoms with E-state index in [9.17, 15) is 0 Å². The Labute approximate surface area is 69.7 Å². The van der Waals surface area contributed by atoms with Gasteiger partial charge in [0, 0.05) is 18.8 Å². The Morgan fingerprint density at radius 2 is 2.33 bits per heavy atom. The van der Waals surface area contributed by atoms with Crippen molar-refractivity contribution >= 4 is 0 Å². The normalized spacial score (nSPS) is 10.4. The minimum Gasteiger partial charge on any atom is -0.275 e. The number of hydrogen-bond acceptors (Lipinski definition) is 3. The Balaban J connectivity index is 2.14. The molecule has 0 saturated heterocycles. The summed E-state index contributed by atoms with van der Waals surface area (Å²) < 4.78 is 3.53. The lowest BCUT2D eigenvalue weighted by Crippen LogP contribution is -1.98. The zero-order valence-corrected chi connectivity index (χ0v) is 6.75. The number of aryl methyl sites for hydroxylation is 1. The summed E-state index contributed by atoms with van der Waals surface area (Å²) in [4.78, 5) is 3.85. The van der Waals surface area contributed by atoms with Crippen molar-refractivity contribution in [3.8, 4) is 0 Å². The molecule has 2 aromatic rings. The van der Waals surface area contributed by atoms with Crippen LogP contribution in [0.15, 0.2) is 25.0 Å². The van der Waals surface area contributed by atoms with E-state index in [0.717, 1.165) is 12.1 Å². The summed E-state index contributed by atoms with van der Waals surface area (Å²) >= 11 is 0. The molecule has 0 aliphatic heterocycles. The van der Waals surface area contributed by atoms with Crippen LogP contribution in [0.1, 0.15) is 5.56 Å². The molecular weight excluding hydrogens is 154 g/mol. The largest absolute Gasteiger partial charge is 0.275 e. The van der Waals surface area contributed by atoms with Crippen molar-refractivity contribution in [1.29, 1.82) is 0 Å². The highest BCUT2D eigenvalue weighted by Gasteiger charge is 1.96. The molecule has 0 aromatic carbocycles. The molecular formula is C7H9N5. The Kier molecular flexibility index (Phi) is 1.62. The second-order valence-electron chi connectivity index (χ2n) is 2.62. The van der Waals surface area contributed by atoms with Crippen LogP contribution < -0.4 is 0 Å². The van der Waals surface area contributed by atoms with Crippen LogP contribution in [0.5, 0.6) is 0 Å². The fourth-order valence-corrected chi connectivity index (χ4v) is 1.05. The fourth-order valence-electron chi connectivity index (χ4n) is 1.05. The second kappa shape index (κ2) is 2.77. The highest BCUT2D eigenvalue weighted by molar-refractivity contribution is 5.03. The first-order valence-corrected chi connectivity index (χ1v) is 3.64. The van der Waals surface area contributed by atoms with Gasteiger partial charge in [0.05, 0.1) is 12.7 Å². The van der Waals surface area contributed by atoms with Crippen molar-refractivity contribution in [2.45, 2.75) is 6.54 Å². The Morgan fingerprint density at radius 1 is 1.42 bits per heavy atom. The molecule has 0 atom stereocenters. The van der Waals surface area contributed by atoms with E-state index < -0.39 is 0 Å². The molecule has 0 fully saturated rings. The third-order valence-corrected chi connectivity index (χ3v) is 1.57. The summed E-state index contributed by atoms with van der Waals surface area (Å²) in [7, 11) is 1.89. The Hall–Kier alpha value is -1.65. The average Bonchev–Trinajstić information content (AvgIpc) is 2.63. The molecule has 0 aliphatic rings. The molecule has 2 rings (SSSR count). The van der Waals surface area contributed by atoms with Gasteiger partial charge in [-0.05, 0) is 0 Å². The van der Waals surface area contributed by atoms with Gasteiger partial charge in [-0.25, -0.2) is 9.67 Å². The van der Waals surface area contributed by atoms with Gasteiger partial charge in [-0.3, -0.25) is 4.68 Å². The zero-order chi connectivity index (χ0) is 8.39. The minimum absolute atomic E-state index is 0.730. The summed E-state index contributed by atoms with van der Waals surface area (Å²) in [6.07, 6.45) is 6.99. The summed E-state index contributed by atoms with van der Waals surface area (Å²) in [5.74, 6) is 0. The zero-order valence-electron chi connectivity index (χ0n) is 6.75. The highest BCUT2D eigenvalue weighted by atomic mass is 15.3. The highest BCUT2D eigenvalue weighted by Crippen LogP contribution is 1.97. The molecule has 0 bridgehead atoms. The van der Waals surface area contributed by atoms with E-state index >= 15 is 0 Å². The lowest BCUT2D eigenvalue weighted by molar-refractivity contribution is 0.683. The maximum absolute atomic E-state index is 4.05. The molecule has 0 aliphatic carbocycles. The monoisotopic (exact) mass is 163 g/mol. The van der Waals surface area contributed by atoms with Crippen LogP contribution in [0.3, 0.4) is 0 Å². The van der Waals surface area contributed by atoms with Crippen molar-refractivity contribution in [2.24, 2.45) is 7.05 Å². The van der Waals surface area contributed by atoms with Gasteiger partial charge >= 0.3 is 0 Å². The third-order valence-electron chi connectivity index (χ3n) is 1.57. The molecule has 0 N–H and O–H groups in total. The van der Waals surface area contributed by atoms with Crippen molar-refractivity contribution in [2.75, 3.05) is 0 Å². The van der Waals surface area contributed by atoms with E-state index in [1.165, 1.54) is 6.33 Å². The number of hydrogen-bond donors (Lipinski definition) is 0. The van der Waals surface area contributed by atoms with Gasteiger partial charge < -0.3 is 0 Å². The van der Waals surface area contributed by atoms with Gasteiger partial charge in [0.2, 0.25) is 0 Å². The lowest BCUT2D eigenvalue weighted by atomic mass is 10.4. The Bertz CT molecular complexity index is 348. The lowest BCUT2D eigenvalue weighted by Gasteiger charge is -1.94. The van der Waals surface area contributed by atoms with Gasteiger partial charge in [-0.2, -0.15) is 10.2 Å². The molecule has 2 heterocycles. The van der Waals surface area contributed by atoms with E-state index in [-0.39, 0.29) is 0 Å². The summed E-state index contributed by atoms with van der Waals surface area (Å²) in [5.41, 5.74) is 1.13. The number of aromatic nitrogens is 5. The standard InChI is InChI=1S/C7H9N5/c1-11-3-7(2-9-11)4-12-6-8-5-10-12/h2-3,5-6H,4H2,1H3. The summed E-state index contributed by atoms with van der Waals surface area (Å²) in [6.45, 7) is 0.730. The van der Waals surface area contributed by atoms with Crippen LogP contribution in [0.25, 0.3) is 0 Å². The first-order chi connectivity index (χ1) is 5.84. The Morgan fingerprint density at radius 3 is 2.92 bits per heavy atom. The molecule has 0 saturated carbocycles. The van der Waals surface area contributed by atoms with Crippen molar-refractivity contribution < 1.29 is 0 Å². The van der Waals surface area contributed by atoms with Crippen LogP contribution >= 0.6 is 0 Å². The third kappa shape index (κ3) is 1.34. The molecule has 2 aromatic heterocycles. The molecule has 0 spiro atoms. The SMILES string of the molecule is Cn1cc(Cn2cncn2)cn1. The van der Waals surface area contributed by atoms with Gasteiger partial charge in [0.25, 0.3) is 0 Å². The first-order valence-electron chi connectivity index (χ1n) is 3.64. The van der Waals surface area contributed by atoms with Gasteiger partial charge in [-0.15, -0.1) is 0 Å². The van der Waals surface area contributed by atoms with Crippen LogP contribution in [-0.2, 0) is 13.6 Å². The smallest absolute Gasteiger partial charge is 0.137 e. The first kappa shape index (κ1) is 7.02. The van der Waals surface area contributed by atoms with Gasteiger partial charge in [-0.1, -0.05) is 0 Å². The molecule has 12 heavy (non-hydrogen) atoms. The number of rotatable bonds is 2. The second-order valence-corrected chi connectivity index (χ2v) is 2.62. The van der Waals surface area contributed by atoms with Crippen LogP contribution in [0.2, 0.25) is 0 Å². The predicted octanol–water partition coefficient (Wildman–Crippen LogP) is 0.0599. The van der Waals surface area contributed by atoms with Crippen molar-refractivity contribution in [3.63, 3.8) is 0 Å². The minimum atomic E-state index is 0.730. The van der Waals surface area contributed by atoms with Crippen molar-refractivity contribution in [1.82, 2.24) is 24.5 Å². The topological polar surface area (TPSA) is 48.5 Å². The van der Waals surface area contributed by atoms with E-state index in [2.05, 4.69) is 15.2 Å². The molecule has 5 nitrogen and oxygen atoms in total. The van der Waals surface area contributed by atoms with Gasteiger partial charge in [0.1, 0.15) is 12.7 Å². The predicted molar refractivity (Wildman–Crippen MR) is 42.3 cm³/mol. The number of nitrogens with zero attached hydrogens (tertiary/aromatic N) is 5. The molecule has 62 valence electrons. The van der Waals surface area contributed by atoms with Crippen LogP contribution in [0, 0.1) is 0 Å². The molecule has 0 radical (unpaired) electrons. The average molecular weight is 163 g/mol. The quantitative estimate of drug-likeness (QED) is 0.629. The van der Waals surface area contributed by atoms with Crippen LogP contribution in [0.4, 0.5) is 0 Å². The summed E-state index contributed by atoms with van der Waals surface area (Å²) in [6, 6.07) is 0. The molecule has 5 heteroatoms. The maximum atomic E-state index is 4.05. The maximum Gasteiger partial charge on any atom is 0.137 e. The van der Waals surface area contributed by atoms with Gasteiger partial charge in [0.15, 0.2) is 0 Å².